The van der Waals surface area contributed by atoms with Crippen molar-refractivity contribution in [2.45, 2.75) is 57.8 Å². The normalized spacial score (nSPS) is 19.2. The van der Waals surface area contributed by atoms with Crippen LogP contribution >= 0.6 is 0 Å². The Labute approximate surface area is 240 Å². The first-order chi connectivity index (χ1) is 19.8. The molecule has 0 aliphatic carbocycles. The summed E-state index contributed by atoms with van der Waals surface area (Å²) in [5.74, 6) is 1.60. The Morgan fingerprint density at radius 1 is 1.15 bits per heavy atom. The van der Waals surface area contributed by atoms with Gasteiger partial charge in [-0.3, -0.25) is 4.90 Å². The molecular formula is C32H35N7O2. The van der Waals surface area contributed by atoms with Crippen molar-refractivity contribution in [2.75, 3.05) is 25.1 Å². The lowest BCUT2D eigenvalue weighted by Crippen LogP contribution is -2.68. The smallest absolute Gasteiger partial charge is 0.212 e. The van der Waals surface area contributed by atoms with Crippen LogP contribution < -0.4 is 9.64 Å². The predicted octanol–water partition coefficient (Wildman–Crippen LogP) is 4.70. The number of aromatic nitrogens is 4. The van der Waals surface area contributed by atoms with Crippen molar-refractivity contribution >= 4 is 17.4 Å². The summed E-state index contributed by atoms with van der Waals surface area (Å²) in [4.78, 5) is 14.2. The first-order valence-corrected chi connectivity index (χ1v) is 14.1. The highest BCUT2D eigenvalue weighted by Crippen LogP contribution is 2.36. The molecule has 210 valence electrons. The molecule has 0 aromatic carbocycles. The van der Waals surface area contributed by atoms with Gasteiger partial charge in [0.25, 0.3) is 0 Å². The summed E-state index contributed by atoms with van der Waals surface area (Å²) in [6.07, 6.45) is 11.2. The summed E-state index contributed by atoms with van der Waals surface area (Å²) in [5.41, 5.74) is 5.18. The van der Waals surface area contributed by atoms with E-state index in [-0.39, 0.29) is 0 Å². The van der Waals surface area contributed by atoms with E-state index in [9.17, 15) is 10.4 Å². The number of fused-ring (bicyclic) bond motifs is 3. The van der Waals surface area contributed by atoms with E-state index < -0.39 is 5.60 Å². The fourth-order valence-electron chi connectivity index (χ4n) is 6.14. The summed E-state index contributed by atoms with van der Waals surface area (Å²) in [6.45, 7) is 8.41. The quantitative estimate of drug-likeness (QED) is 0.338. The summed E-state index contributed by atoms with van der Waals surface area (Å²) in [6, 6.07) is 13.5. The number of aliphatic hydroxyl groups is 1. The van der Waals surface area contributed by atoms with Crippen LogP contribution in [0.3, 0.4) is 0 Å². The molecule has 1 N–H and O–H groups in total. The van der Waals surface area contributed by atoms with E-state index in [0.29, 0.717) is 23.5 Å². The van der Waals surface area contributed by atoms with Crippen molar-refractivity contribution in [1.29, 1.82) is 5.26 Å². The van der Waals surface area contributed by atoms with Gasteiger partial charge in [0.15, 0.2) is 0 Å². The SMILES string of the molecule is CC/C(=C\c1cc(-c2ccc(N3CC4CC(C3)N4Cc3ccc(OC)nc3)nc2)c2c(C#N)cnn2c1)C(C)(C)O. The van der Waals surface area contributed by atoms with Gasteiger partial charge >= 0.3 is 0 Å². The highest BCUT2D eigenvalue weighted by Gasteiger charge is 2.44. The standard InChI is InChI=1S/C32H35N7O2/c1-5-25(32(2,3)40)10-22-11-28(31-24(13-33)16-36-39(31)18-22)23-7-8-29(34-15-23)37-19-26-12-27(20-37)38(26)17-21-6-9-30(41-4)35-14-21/h6-11,14-16,18,26-27,40H,5,12,17,19-20H2,1-4H3/b25-10+. The second-order valence-electron chi connectivity index (χ2n) is 11.5. The van der Waals surface area contributed by atoms with Crippen LogP contribution in [0.2, 0.25) is 0 Å². The zero-order chi connectivity index (χ0) is 28.7. The van der Waals surface area contributed by atoms with E-state index in [1.54, 1.807) is 31.7 Å². The number of methoxy groups -OCH3 is 1. The molecule has 3 fully saturated rings. The molecule has 0 amide bonds. The third-order valence-electron chi connectivity index (χ3n) is 8.36. The van der Waals surface area contributed by atoms with Gasteiger partial charge in [-0.05, 0) is 61.6 Å². The van der Waals surface area contributed by atoms with E-state index >= 15 is 0 Å². The molecule has 0 radical (unpaired) electrons. The summed E-state index contributed by atoms with van der Waals surface area (Å²) < 4.78 is 6.93. The van der Waals surface area contributed by atoms with Gasteiger partial charge in [0.2, 0.25) is 5.88 Å². The van der Waals surface area contributed by atoms with E-state index in [4.69, 9.17) is 9.72 Å². The number of nitrogens with zero attached hydrogens (tertiary/aromatic N) is 7. The van der Waals surface area contributed by atoms with E-state index in [0.717, 1.165) is 59.7 Å². The number of piperidine rings is 1. The van der Waals surface area contributed by atoms with Crippen LogP contribution in [0.4, 0.5) is 5.82 Å². The molecule has 2 bridgehead atoms. The van der Waals surface area contributed by atoms with E-state index in [2.05, 4.69) is 50.2 Å². The van der Waals surface area contributed by atoms with Crippen LogP contribution in [-0.2, 0) is 6.54 Å². The van der Waals surface area contributed by atoms with Crippen molar-refractivity contribution in [3.63, 3.8) is 0 Å². The van der Waals surface area contributed by atoms with Crippen molar-refractivity contribution in [3.8, 4) is 23.1 Å². The Morgan fingerprint density at radius 2 is 1.95 bits per heavy atom. The highest BCUT2D eigenvalue weighted by molar-refractivity contribution is 5.86. The lowest BCUT2D eigenvalue weighted by Gasteiger charge is -2.56. The predicted molar refractivity (Wildman–Crippen MR) is 158 cm³/mol. The van der Waals surface area contributed by atoms with Crippen LogP contribution in [0.1, 0.15) is 50.3 Å². The van der Waals surface area contributed by atoms with Crippen LogP contribution in [0, 0.1) is 11.3 Å². The summed E-state index contributed by atoms with van der Waals surface area (Å²) in [7, 11) is 1.63. The zero-order valence-electron chi connectivity index (χ0n) is 23.9. The molecule has 9 heteroatoms. The minimum Gasteiger partial charge on any atom is -0.481 e. The number of hydrogen-bond donors (Lipinski definition) is 1. The number of piperazine rings is 1. The van der Waals surface area contributed by atoms with Crippen LogP contribution in [0.5, 0.6) is 5.88 Å². The molecule has 7 rings (SSSR count). The largest absolute Gasteiger partial charge is 0.481 e. The minimum absolute atomic E-state index is 0.494. The van der Waals surface area contributed by atoms with Crippen molar-refractivity contribution in [3.05, 3.63) is 77.4 Å². The van der Waals surface area contributed by atoms with E-state index in [1.165, 1.54) is 12.0 Å². The van der Waals surface area contributed by atoms with Gasteiger partial charge in [0.05, 0.1) is 30.0 Å². The number of hydrogen-bond acceptors (Lipinski definition) is 8. The monoisotopic (exact) mass is 549 g/mol. The highest BCUT2D eigenvalue weighted by atomic mass is 16.5. The van der Waals surface area contributed by atoms with E-state index in [1.807, 2.05) is 37.7 Å². The molecule has 0 saturated carbocycles. The van der Waals surface area contributed by atoms with Crippen LogP contribution in [0.15, 0.2) is 60.7 Å². The Kier molecular flexibility index (Phi) is 6.98. The number of ether oxygens (including phenoxy) is 1. The number of nitriles is 1. The minimum atomic E-state index is -0.925. The lowest BCUT2D eigenvalue weighted by atomic mass is 9.87. The Hall–Kier alpha value is -4.26. The van der Waals surface area contributed by atoms with Gasteiger partial charge in [-0.2, -0.15) is 10.4 Å². The zero-order valence-corrected chi connectivity index (χ0v) is 23.9. The Morgan fingerprint density at radius 3 is 2.56 bits per heavy atom. The Balaban J connectivity index is 1.23. The fourth-order valence-corrected chi connectivity index (χ4v) is 6.14. The average molecular weight is 550 g/mol. The average Bonchev–Trinajstić information content (AvgIpc) is 3.41. The fraction of sp³-hybridized carbons (Fsp3) is 0.375. The van der Waals surface area contributed by atoms with Crippen LogP contribution in [-0.4, -0.2) is 67.5 Å². The number of anilines is 1. The molecule has 2 unspecified atom stereocenters. The van der Waals surface area contributed by atoms with Gasteiger partial charge in [-0.25, -0.2) is 14.5 Å². The van der Waals surface area contributed by atoms with Gasteiger partial charge in [0.1, 0.15) is 11.9 Å². The maximum atomic E-state index is 10.6. The number of rotatable bonds is 8. The van der Waals surface area contributed by atoms with Crippen molar-refractivity contribution in [2.24, 2.45) is 0 Å². The Bertz CT molecular complexity index is 1620. The number of pyridine rings is 3. The summed E-state index contributed by atoms with van der Waals surface area (Å²) in [5, 5.41) is 24.8. The van der Waals surface area contributed by atoms with Gasteiger partial charge in [-0.1, -0.05) is 19.1 Å². The molecule has 41 heavy (non-hydrogen) atoms. The maximum Gasteiger partial charge on any atom is 0.212 e. The van der Waals surface area contributed by atoms with Gasteiger partial charge < -0.3 is 14.7 Å². The maximum absolute atomic E-state index is 10.6. The van der Waals surface area contributed by atoms with Gasteiger partial charge in [0, 0.05) is 67.5 Å². The lowest BCUT2D eigenvalue weighted by molar-refractivity contribution is -0.00876. The molecule has 4 aromatic rings. The molecule has 3 aliphatic rings. The molecule has 3 aliphatic heterocycles. The van der Waals surface area contributed by atoms with Crippen molar-refractivity contribution in [1.82, 2.24) is 24.5 Å². The second kappa shape index (κ2) is 10.6. The molecule has 2 atom stereocenters. The summed E-state index contributed by atoms with van der Waals surface area (Å²) >= 11 is 0. The molecule has 7 heterocycles. The van der Waals surface area contributed by atoms with Crippen molar-refractivity contribution < 1.29 is 9.84 Å². The first-order valence-electron chi connectivity index (χ1n) is 14.1. The van der Waals surface area contributed by atoms with Gasteiger partial charge in [-0.15, -0.1) is 0 Å². The second-order valence-corrected chi connectivity index (χ2v) is 11.5. The first kappa shape index (κ1) is 26.9. The van der Waals surface area contributed by atoms with Crippen LogP contribution in [0.25, 0.3) is 22.7 Å². The molecular weight excluding hydrogens is 514 g/mol. The third kappa shape index (κ3) is 5.17. The topological polar surface area (TPSA) is 103 Å². The molecule has 3 saturated heterocycles. The molecule has 9 nitrogen and oxygen atoms in total. The third-order valence-corrected chi connectivity index (χ3v) is 8.36. The molecule has 0 spiro atoms. The molecule has 4 aromatic heterocycles.